The van der Waals surface area contributed by atoms with Crippen molar-refractivity contribution in [1.82, 2.24) is 19.9 Å². The first-order chi connectivity index (χ1) is 14.9. The summed E-state index contributed by atoms with van der Waals surface area (Å²) in [7, 11) is 1.46. The van der Waals surface area contributed by atoms with Crippen LogP contribution in [0.2, 0.25) is 5.02 Å². The number of piperidine rings is 1. The number of carbonyl (C=O) groups is 1. The molecule has 4 heterocycles. The number of nitriles is 1. The number of amides is 1. The van der Waals surface area contributed by atoms with E-state index in [4.69, 9.17) is 21.1 Å². The van der Waals surface area contributed by atoms with E-state index in [-0.39, 0.29) is 56.5 Å². The fourth-order valence-electron chi connectivity index (χ4n) is 3.77. The van der Waals surface area contributed by atoms with Crippen molar-refractivity contribution in [3.63, 3.8) is 0 Å². The molecule has 0 bridgehead atoms. The van der Waals surface area contributed by atoms with Crippen molar-refractivity contribution in [1.29, 1.82) is 5.26 Å². The molecular formula is C20H20ClFN6O3. The van der Waals surface area contributed by atoms with Crippen LogP contribution in [0.3, 0.4) is 0 Å². The van der Waals surface area contributed by atoms with Crippen LogP contribution in [0.25, 0.3) is 0 Å². The number of anilines is 1. The average Bonchev–Trinajstić information content (AvgIpc) is 3.02. The van der Waals surface area contributed by atoms with Crippen molar-refractivity contribution in [3.05, 3.63) is 34.7 Å². The van der Waals surface area contributed by atoms with E-state index in [1.165, 1.54) is 24.4 Å². The van der Waals surface area contributed by atoms with Crippen LogP contribution in [-0.4, -0.2) is 64.8 Å². The van der Waals surface area contributed by atoms with Crippen LogP contribution in [0.4, 0.5) is 10.3 Å². The Morgan fingerprint density at radius 2 is 2.10 bits per heavy atom. The highest BCUT2D eigenvalue weighted by Crippen LogP contribution is 2.33. The third-order valence-electron chi connectivity index (χ3n) is 5.46. The fourth-order valence-corrected chi connectivity index (χ4v) is 3.94. The van der Waals surface area contributed by atoms with Crippen LogP contribution < -0.4 is 14.4 Å². The number of nitrogens with zero attached hydrogens (tertiary/aromatic N) is 6. The lowest BCUT2D eigenvalue weighted by atomic mass is 9.91. The molecule has 2 aromatic rings. The molecule has 0 N–H and O–H groups in total. The zero-order valence-corrected chi connectivity index (χ0v) is 17.6. The van der Waals surface area contributed by atoms with Crippen LogP contribution in [0.15, 0.2) is 18.6 Å². The van der Waals surface area contributed by atoms with Crippen LogP contribution >= 0.6 is 11.6 Å². The molecule has 11 heteroatoms. The summed E-state index contributed by atoms with van der Waals surface area (Å²) in [6.45, 7) is 1.09. The summed E-state index contributed by atoms with van der Waals surface area (Å²) in [5, 5.41) is 9.52. The Labute approximate surface area is 183 Å². The molecule has 0 radical (unpaired) electrons. The molecule has 1 fully saturated rings. The maximum absolute atomic E-state index is 15.7. The molecule has 2 aliphatic rings. The van der Waals surface area contributed by atoms with E-state index in [0.29, 0.717) is 22.8 Å². The van der Waals surface area contributed by atoms with Gasteiger partial charge in [0.05, 0.1) is 26.4 Å². The minimum Gasteiger partial charge on any atom is -0.490 e. The molecule has 162 valence electrons. The zero-order chi connectivity index (χ0) is 22.0. The fraction of sp³-hybridized carbons (Fsp3) is 0.450. The van der Waals surface area contributed by atoms with Crippen molar-refractivity contribution in [2.75, 3.05) is 38.3 Å². The predicted octanol–water partition coefficient (Wildman–Crippen LogP) is 2.13. The number of alkyl halides is 1. The molecule has 0 atom stereocenters. The maximum Gasteiger partial charge on any atom is 0.260 e. The van der Waals surface area contributed by atoms with Gasteiger partial charge in [0.25, 0.3) is 5.91 Å². The molecule has 2 aromatic heterocycles. The smallest absolute Gasteiger partial charge is 0.260 e. The maximum atomic E-state index is 15.7. The Hall–Kier alpha value is -3.19. The van der Waals surface area contributed by atoms with Crippen LogP contribution in [-0.2, 0) is 11.3 Å². The number of hydrogen-bond donors (Lipinski definition) is 0. The van der Waals surface area contributed by atoms with Crippen molar-refractivity contribution in [2.45, 2.75) is 25.1 Å². The number of pyridine rings is 1. The Morgan fingerprint density at radius 1 is 1.32 bits per heavy atom. The topological polar surface area (TPSA) is 104 Å². The normalized spacial score (nSPS) is 17.7. The molecule has 0 unspecified atom stereocenters. The van der Waals surface area contributed by atoms with Gasteiger partial charge in [0.15, 0.2) is 5.67 Å². The molecule has 1 saturated heterocycles. The number of rotatable bonds is 3. The zero-order valence-electron chi connectivity index (χ0n) is 16.8. The first-order valence-corrected chi connectivity index (χ1v) is 10.1. The highest BCUT2D eigenvalue weighted by atomic mass is 35.5. The van der Waals surface area contributed by atoms with Gasteiger partial charge in [0.1, 0.15) is 29.0 Å². The Kier molecular flexibility index (Phi) is 5.78. The molecule has 0 spiro atoms. The average molecular weight is 447 g/mol. The van der Waals surface area contributed by atoms with Gasteiger partial charge in [-0.3, -0.25) is 9.78 Å². The van der Waals surface area contributed by atoms with Crippen molar-refractivity contribution in [2.24, 2.45) is 0 Å². The third-order valence-corrected chi connectivity index (χ3v) is 5.72. The molecule has 1 amide bonds. The lowest BCUT2D eigenvalue weighted by molar-refractivity contribution is -0.146. The number of fused-ring (bicyclic) bond motifs is 1. The number of hydrogen-bond acceptors (Lipinski definition) is 8. The van der Waals surface area contributed by atoms with Gasteiger partial charge in [-0.1, -0.05) is 11.6 Å². The quantitative estimate of drug-likeness (QED) is 0.706. The SMILES string of the molecule is COc1nc(N2CCC(F)(C(=O)N3CCOc4c(C#N)cncc4C3)CC2)ncc1Cl. The summed E-state index contributed by atoms with van der Waals surface area (Å²) < 4.78 is 26.5. The molecule has 2 aliphatic heterocycles. The third kappa shape index (κ3) is 4.05. The molecule has 9 nitrogen and oxygen atoms in total. The van der Waals surface area contributed by atoms with E-state index in [1.807, 2.05) is 6.07 Å². The summed E-state index contributed by atoms with van der Waals surface area (Å²) in [6.07, 6.45) is 4.39. The minimum absolute atomic E-state index is 0.000828. The lowest BCUT2D eigenvalue weighted by Crippen LogP contribution is -2.53. The Morgan fingerprint density at radius 3 is 2.81 bits per heavy atom. The standard InChI is InChI=1S/C20H20ClFN6O3/c1-30-17-15(21)11-25-19(26-17)27-4-2-20(22,3-5-27)18(29)28-6-7-31-16-13(8-23)9-24-10-14(16)12-28/h9-11H,2-7,12H2,1H3. The van der Waals surface area contributed by atoms with Gasteiger partial charge in [-0.15, -0.1) is 0 Å². The van der Waals surface area contributed by atoms with E-state index in [9.17, 15) is 10.1 Å². The van der Waals surface area contributed by atoms with Crippen LogP contribution in [0.5, 0.6) is 11.6 Å². The largest absolute Gasteiger partial charge is 0.490 e. The van der Waals surface area contributed by atoms with Crippen LogP contribution in [0, 0.1) is 11.3 Å². The number of halogens is 2. The molecule has 0 saturated carbocycles. The summed E-state index contributed by atoms with van der Waals surface area (Å²) in [5.41, 5.74) is -1.11. The number of aromatic nitrogens is 3. The molecule has 31 heavy (non-hydrogen) atoms. The highest BCUT2D eigenvalue weighted by Gasteiger charge is 2.45. The summed E-state index contributed by atoms with van der Waals surface area (Å²) in [5.74, 6) is 0.446. The number of methoxy groups -OCH3 is 1. The minimum atomic E-state index is -2.00. The van der Waals surface area contributed by atoms with Gasteiger partial charge >= 0.3 is 0 Å². The summed E-state index contributed by atoms with van der Waals surface area (Å²) in [4.78, 5) is 28.8. The van der Waals surface area contributed by atoms with Crippen molar-refractivity contribution >= 4 is 23.5 Å². The summed E-state index contributed by atoms with van der Waals surface area (Å²) in [6, 6.07) is 2.03. The second kappa shape index (κ2) is 8.51. The first-order valence-electron chi connectivity index (χ1n) is 9.75. The molecule has 0 aromatic carbocycles. The second-order valence-electron chi connectivity index (χ2n) is 7.34. The van der Waals surface area contributed by atoms with Crippen molar-refractivity contribution in [3.8, 4) is 17.7 Å². The van der Waals surface area contributed by atoms with Gasteiger partial charge in [-0.05, 0) is 0 Å². The van der Waals surface area contributed by atoms with Gasteiger partial charge in [0.2, 0.25) is 11.8 Å². The predicted molar refractivity (Wildman–Crippen MR) is 109 cm³/mol. The Balaban J connectivity index is 1.46. The van der Waals surface area contributed by atoms with E-state index in [2.05, 4.69) is 15.0 Å². The van der Waals surface area contributed by atoms with Crippen molar-refractivity contribution < 1.29 is 18.7 Å². The van der Waals surface area contributed by atoms with E-state index in [1.54, 1.807) is 11.1 Å². The van der Waals surface area contributed by atoms with E-state index < -0.39 is 11.6 Å². The highest BCUT2D eigenvalue weighted by molar-refractivity contribution is 6.31. The van der Waals surface area contributed by atoms with E-state index >= 15 is 4.39 Å². The van der Waals surface area contributed by atoms with E-state index in [0.717, 1.165) is 0 Å². The number of carbonyl (C=O) groups excluding carboxylic acids is 1. The second-order valence-corrected chi connectivity index (χ2v) is 7.75. The summed E-state index contributed by atoms with van der Waals surface area (Å²) >= 11 is 5.97. The lowest BCUT2D eigenvalue weighted by Gasteiger charge is -2.37. The van der Waals surface area contributed by atoms with Crippen LogP contribution in [0.1, 0.15) is 24.0 Å². The van der Waals surface area contributed by atoms with Gasteiger partial charge in [-0.25, -0.2) is 9.37 Å². The first kappa shape index (κ1) is 21.1. The molecule has 0 aliphatic carbocycles. The molecular weight excluding hydrogens is 427 g/mol. The monoisotopic (exact) mass is 446 g/mol. The molecule has 4 rings (SSSR count). The van der Waals surface area contributed by atoms with Gasteiger partial charge in [0, 0.05) is 43.9 Å². The van der Waals surface area contributed by atoms with Gasteiger partial charge < -0.3 is 19.3 Å². The Bertz CT molecular complexity index is 1040. The number of ether oxygens (including phenoxy) is 2. The van der Waals surface area contributed by atoms with Gasteiger partial charge in [-0.2, -0.15) is 10.2 Å².